The van der Waals surface area contributed by atoms with Crippen LogP contribution in [0.1, 0.15) is 27.8 Å². The predicted octanol–water partition coefficient (Wildman–Crippen LogP) is 3.74. The van der Waals surface area contributed by atoms with E-state index in [-0.39, 0.29) is 24.9 Å². The summed E-state index contributed by atoms with van der Waals surface area (Å²) < 4.78 is 0. The third-order valence-corrected chi connectivity index (χ3v) is 4.27. The number of anilines is 2. The highest BCUT2D eigenvalue weighted by molar-refractivity contribution is 5.95. The van der Waals surface area contributed by atoms with Crippen LogP contribution in [0.2, 0.25) is 0 Å². The van der Waals surface area contributed by atoms with E-state index < -0.39 is 0 Å². The van der Waals surface area contributed by atoms with Crippen LogP contribution in [-0.4, -0.2) is 36.9 Å². The normalized spacial score (nSPS) is 10.8. The number of benzene rings is 2. The van der Waals surface area contributed by atoms with Crippen LogP contribution in [0.15, 0.2) is 30.3 Å². The number of nitrogens with zero attached hydrogens (tertiary/aromatic N) is 1. The van der Waals surface area contributed by atoms with Gasteiger partial charge in [0.15, 0.2) is 0 Å². The van der Waals surface area contributed by atoms with Gasteiger partial charge < -0.3 is 10.6 Å². The molecule has 2 aromatic rings. The zero-order valence-electron chi connectivity index (χ0n) is 17.1. The minimum Gasteiger partial charge on any atom is -0.325 e. The molecule has 2 amide bonds. The summed E-state index contributed by atoms with van der Waals surface area (Å²) >= 11 is 0. The standard InChI is InChI=1S/C22H29N3O2/c1-14-7-15(2)11-19(10-14)23-20(26)12-25(6)13-21(27)24-22-17(4)8-16(3)9-18(22)5/h7-11H,12-13H2,1-6H3,(H,23,26)(H,24,27). The Bertz CT molecular complexity index is 815. The summed E-state index contributed by atoms with van der Waals surface area (Å²) in [6.45, 7) is 10.3. The van der Waals surface area contributed by atoms with Gasteiger partial charge in [-0.05, 0) is 76.1 Å². The zero-order valence-corrected chi connectivity index (χ0v) is 17.1. The van der Waals surface area contributed by atoms with Crippen LogP contribution in [0.5, 0.6) is 0 Å². The van der Waals surface area contributed by atoms with Crippen molar-refractivity contribution in [3.63, 3.8) is 0 Å². The predicted molar refractivity (Wildman–Crippen MR) is 111 cm³/mol. The number of hydrogen-bond acceptors (Lipinski definition) is 3. The highest BCUT2D eigenvalue weighted by Gasteiger charge is 2.13. The second kappa shape index (κ2) is 8.82. The fraction of sp³-hybridized carbons (Fsp3) is 0.364. The fourth-order valence-corrected chi connectivity index (χ4v) is 3.35. The number of carbonyl (C=O) groups excluding carboxylic acids is 2. The van der Waals surface area contributed by atoms with E-state index in [4.69, 9.17) is 0 Å². The second-order valence-electron chi connectivity index (χ2n) is 7.42. The summed E-state index contributed by atoms with van der Waals surface area (Å²) in [5.74, 6) is -0.273. The Balaban J connectivity index is 1.90. The molecule has 0 aliphatic rings. The van der Waals surface area contributed by atoms with Crippen LogP contribution >= 0.6 is 0 Å². The number of carbonyl (C=O) groups is 2. The van der Waals surface area contributed by atoms with Crippen molar-refractivity contribution in [2.45, 2.75) is 34.6 Å². The van der Waals surface area contributed by atoms with Gasteiger partial charge in [0.1, 0.15) is 0 Å². The molecule has 2 aromatic carbocycles. The smallest absolute Gasteiger partial charge is 0.238 e. The second-order valence-corrected chi connectivity index (χ2v) is 7.42. The van der Waals surface area contributed by atoms with Crippen molar-refractivity contribution in [1.82, 2.24) is 4.90 Å². The molecule has 2 rings (SSSR count). The Morgan fingerprint density at radius 1 is 0.741 bits per heavy atom. The highest BCUT2D eigenvalue weighted by Crippen LogP contribution is 2.21. The maximum atomic E-state index is 12.4. The number of rotatable bonds is 6. The Hall–Kier alpha value is -2.66. The van der Waals surface area contributed by atoms with Crippen LogP contribution in [-0.2, 0) is 9.59 Å². The van der Waals surface area contributed by atoms with Gasteiger partial charge in [-0.1, -0.05) is 23.8 Å². The van der Waals surface area contributed by atoms with Gasteiger partial charge in [0, 0.05) is 11.4 Å². The Morgan fingerprint density at radius 2 is 1.19 bits per heavy atom. The summed E-state index contributed by atoms with van der Waals surface area (Å²) in [5.41, 5.74) is 7.07. The molecule has 27 heavy (non-hydrogen) atoms. The Morgan fingerprint density at radius 3 is 1.70 bits per heavy atom. The van der Waals surface area contributed by atoms with Crippen LogP contribution in [0, 0.1) is 34.6 Å². The van der Waals surface area contributed by atoms with Crippen LogP contribution in [0.25, 0.3) is 0 Å². The number of likely N-dealkylation sites (N-methyl/N-ethyl adjacent to an activating group) is 1. The van der Waals surface area contributed by atoms with E-state index in [0.29, 0.717) is 0 Å². The van der Waals surface area contributed by atoms with E-state index >= 15 is 0 Å². The van der Waals surface area contributed by atoms with E-state index in [9.17, 15) is 9.59 Å². The van der Waals surface area contributed by atoms with Crippen molar-refractivity contribution in [3.8, 4) is 0 Å². The Kier molecular flexibility index (Phi) is 6.75. The molecule has 0 saturated heterocycles. The maximum Gasteiger partial charge on any atom is 0.238 e. The summed E-state index contributed by atoms with van der Waals surface area (Å²) in [6.07, 6.45) is 0. The van der Waals surface area contributed by atoms with Crippen molar-refractivity contribution in [2.75, 3.05) is 30.8 Å². The van der Waals surface area contributed by atoms with Crippen LogP contribution in [0.3, 0.4) is 0 Å². The first-order valence-electron chi connectivity index (χ1n) is 9.08. The molecule has 0 aromatic heterocycles. The molecule has 0 saturated carbocycles. The fourth-order valence-electron chi connectivity index (χ4n) is 3.35. The first kappa shape index (κ1) is 20.6. The van der Waals surface area contributed by atoms with E-state index in [1.54, 1.807) is 11.9 Å². The summed E-state index contributed by atoms with van der Waals surface area (Å²) in [4.78, 5) is 26.3. The van der Waals surface area contributed by atoms with Gasteiger partial charge in [-0.2, -0.15) is 0 Å². The van der Waals surface area contributed by atoms with Gasteiger partial charge in [0.25, 0.3) is 0 Å². The van der Waals surface area contributed by atoms with Crippen LogP contribution < -0.4 is 10.6 Å². The van der Waals surface area contributed by atoms with Gasteiger partial charge in [-0.25, -0.2) is 0 Å². The monoisotopic (exact) mass is 367 g/mol. The molecule has 2 N–H and O–H groups in total. The zero-order chi connectivity index (χ0) is 20.1. The number of aryl methyl sites for hydroxylation is 5. The van der Waals surface area contributed by atoms with Crippen molar-refractivity contribution < 1.29 is 9.59 Å². The quantitative estimate of drug-likeness (QED) is 0.818. The topological polar surface area (TPSA) is 61.4 Å². The third-order valence-electron chi connectivity index (χ3n) is 4.27. The average molecular weight is 367 g/mol. The molecule has 0 atom stereocenters. The van der Waals surface area contributed by atoms with E-state index in [1.807, 2.05) is 58.9 Å². The number of hydrogen-bond donors (Lipinski definition) is 2. The van der Waals surface area contributed by atoms with Gasteiger partial charge in [0.05, 0.1) is 13.1 Å². The molecule has 0 radical (unpaired) electrons. The lowest BCUT2D eigenvalue weighted by Crippen LogP contribution is -2.36. The molecular formula is C22H29N3O2. The molecule has 0 unspecified atom stereocenters. The van der Waals surface area contributed by atoms with E-state index in [1.165, 1.54) is 5.56 Å². The van der Waals surface area contributed by atoms with Crippen molar-refractivity contribution in [3.05, 3.63) is 58.1 Å². The molecule has 0 aliphatic heterocycles. The first-order valence-corrected chi connectivity index (χ1v) is 9.08. The Labute approximate surface area is 161 Å². The molecule has 144 valence electrons. The minimum absolute atomic E-state index is 0.133. The lowest BCUT2D eigenvalue weighted by Gasteiger charge is -2.18. The summed E-state index contributed by atoms with van der Waals surface area (Å²) in [6, 6.07) is 10.0. The summed E-state index contributed by atoms with van der Waals surface area (Å²) in [5, 5.41) is 5.85. The molecule has 0 aliphatic carbocycles. The van der Waals surface area contributed by atoms with Crippen LogP contribution in [0.4, 0.5) is 11.4 Å². The van der Waals surface area contributed by atoms with Gasteiger partial charge in [0.2, 0.25) is 11.8 Å². The minimum atomic E-state index is -0.141. The molecule has 5 heteroatoms. The first-order chi connectivity index (χ1) is 12.6. The van der Waals surface area contributed by atoms with Crippen molar-refractivity contribution >= 4 is 23.2 Å². The van der Waals surface area contributed by atoms with E-state index in [2.05, 4.69) is 16.7 Å². The summed E-state index contributed by atoms with van der Waals surface area (Å²) in [7, 11) is 1.76. The maximum absolute atomic E-state index is 12.4. The molecule has 0 spiro atoms. The van der Waals surface area contributed by atoms with Gasteiger partial charge >= 0.3 is 0 Å². The number of amides is 2. The highest BCUT2D eigenvalue weighted by atomic mass is 16.2. The lowest BCUT2D eigenvalue weighted by atomic mass is 10.1. The average Bonchev–Trinajstić information content (AvgIpc) is 2.49. The van der Waals surface area contributed by atoms with Crippen molar-refractivity contribution in [2.24, 2.45) is 0 Å². The van der Waals surface area contributed by atoms with Gasteiger partial charge in [-0.3, -0.25) is 14.5 Å². The lowest BCUT2D eigenvalue weighted by molar-refractivity contribution is -0.119. The van der Waals surface area contributed by atoms with E-state index in [0.717, 1.165) is 33.6 Å². The number of nitrogens with one attached hydrogen (secondary N) is 2. The largest absolute Gasteiger partial charge is 0.325 e. The molecular weight excluding hydrogens is 338 g/mol. The SMILES string of the molecule is Cc1cc(C)cc(NC(=O)CN(C)CC(=O)Nc2c(C)cc(C)cc2C)c1. The molecule has 0 heterocycles. The third kappa shape index (κ3) is 6.22. The molecule has 5 nitrogen and oxygen atoms in total. The van der Waals surface area contributed by atoms with Crippen molar-refractivity contribution in [1.29, 1.82) is 0 Å². The molecule has 0 fully saturated rings. The van der Waals surface area contributed by atoms with Gasteiger partial charge in [-0.15, -0.1) is 0 Å². The molecule has 0 bridgehead atoms.